The van der Waals surface area contributed by atoms with E-state index in [1.807, 2.05) is 32.0 Å². The zero-order valence-corrected chi connectivity index (χ0v) is 11.4. The van der Waals surface area contributed by atoms with Gasteiger partial charge in [-0.05, 0) is 44.4 Å². The second-order valence-corrected chi connectivity index (χ2v) is 5.34. The number of hydrogen-bond donors (Lipinski definition) is 0. The summed E-state index contributed by atoms with van der Waals surface area (Å²) in [6, 6.07) is 8.12. The van der Waals surface area contributed by atoms with Crippen molar-refractivity contribution in [1.82, 2.24) is 0 Å². The van der Waals surface area contributed by atoms with E-state index in [4.69, 9.17) is 19.5 Å². The van der Waals surface area contributed by atoms with Gasteiger partial charge in [0.1, 0.15) is 0 Å². The predicted octanol–water partition coefficient (Wildman–Crippen LogP) is 3.26. The fourth-order valence-electron chi connectivity index (χ4n) is 1.89. The van der Waals surface area contributed by atoms with Gasteiger partial charge in [0.05, 0.1) is 18.1 Å². The van der Waals surface area contributed by atoms with Crippen LogP contribution in [0.5, 0.6) is 11.5 Å². The van der Waals surface area contributed by atoms with E-state index in [0.717, 1.165) is 29.9 Å². The summed E-state index contributed by atoms with van der Waals surface area (Å²) in [6.45, 7) is 5.42. The van der Waals surface area contributed by atoms with Crippen LogP contribution in [0.3, 0.4) is 0 Å². The van der Waals surface area contributed by atoms with Crippen molar-refractivity contribution in [2.45, 2.75) is 33.3 Å². The van der Waals surface area contributed by atoms with Crippen LogP contribution in [0.15, 0.2) is 18.2 Å². The zero-order valence-electron chi connectivity index (χ0n) is 11.4. The van der Waals surface area contributed by atoms with E-state index in [0.29, 0.717) is 20.0 Å². The third kappa shape index (κ3) is 3.87. The van der Waals surface area contributed by atoms with Crippen molar-refractivity contribution in [2.75, 3.05) is 13.4 Å². The Morgan fingerprint density at radius 1 is 1.32 bits per heavy atom. The molecule has 1 aromatic carbocycles. The van der Waals surface area contributed by atoms with Crippen molar-refractivity contribution < 1.29 is 14.2 Å². The minimum atomic E-state index is -0.262. The molecule has 1 heterocycles. The number of hydrogen-bond acceptors (Lipinski definition) is 4. The minimum absolute atomic E-state index is 0.262. The molecule has 0 N–H and O–H groups in total. The van der Waals surface area contributed by atoms with Gasteiger partial charge in [0.15, 0.2) is 11.5 Å². The molecule has 1 aliphatic rings. The fourth-order valence-corrected chi connectivity index (χ4v) is 1.89. The Morgan fingerprint density at radius 3 is 2.89 bits per heavy atom. The highest BCUT2D eigenvalue weighted by atomic mass is 16.7. The van der Waals surface area contributed by atoms with Crippen LogP contribution in [0, 0.1) is 16.7 Å². The van der Waals surface area contributed by atoms with E-state index in [1.54, 1.807) is 0 Å². The Kier molecular flexibility index (Phi) is 4.28. The third-order valence-electron chi connectivity index (χ3n) is 3.10. The average molecular weight is 261 g/mol. The lowest BCUT2D eigenvalue weighted by Crippen LogP contribution is -2.09. The topological polar surface area (TPSA) is 51.5 Å². The molecule has 0 amide bonds. The van der Waals surface area contributed by atoms with Crippen molar-refractivity contribution in [3.63, 3.8) is 0 Å². The van der Waals surface area contributed by atoms with Crippen LogP contribution in [-0.4, -0.2) is 13.4 Å². The summed E-state index contributed by atoms with van der Waals surface area (Å²) in [4.78, 5) is 0. The SMILES string of the molecule is CC(C)(C#N)CCCOCc1ccc2c(c1)OCO2. The maximum Gasteiger partial charge on any atom is 0.231 e. The standard InChI is InChI=1S/C15H19NO3/c1-15(2,10-16)6-3-7-17-9-12-4-5-13-14(8-12)19-11-18-13/h4-5,8H,3,6-7,9,11H2,1-2H3. The summed E-state index contributed by atoms with van der Waals surface area (Å²) < 4.78 is 16.2. The summed E-state index contributed by atoms with van der Waals surface area (Å²) in [6.07, 6.45) is 1.75. The lowest BCUT2D eigenvalue weighted by atomic mass is 9.90. The highest BCUT2D eigenvalue weighted by Crippen LogP contribution is 2.32. The van der Waals surface area contributed by atoms with Crippen LogP contribution in [0.25, 0.3) is 0 Å². The summed E-state index contributed by atoms with van der Waals surface area (Å²) in [5.41, 5.74) is 0.811. The van der Waals surface area contributed by atoms with E-state index in [2.05, 4.69) is 6.07 Å². The Hall–Kier alpha value is -1.73. The highest BCUT2D eigenvalue weighted by molar-refractivity contribution is 5.44. The molecular formula is C15H19NO3. The monoisotopic (exact) mass is 261 g/mol. The Balaban J connectivity index is 1.71. The quantitative estimate of drug-likeness (QED) is 0.737. The van der Waals surface area contributed by atoms with Gasteiger partial charge in [0.25, 0.3) is 0 Å². The third-order valence-corrected chi connectivity index (χ3v) is 3.10. The molecule has 0 aliphatic carbocycles. The van der Waals surface area contributed by atoms with Gasteiger partial charge in [-0.15, -0.1) is 0 Å². The van der Waals surface area contributed by atoms with Crippen LogP contribution in [0.2, 0.25) is 0 Å². The summed E-state index contributed by atoms with van der Waals surface area (Å²) in [5, 5.41) is 8.90. The van der Waals surface area contributed by atoms with Crippen molar-refractivity contribution >= 4 is 0 Å². The maximum atomic E-state index is 8.90. The first-order chi connectivity index (χ1) is 9.11. The number of ether oxygens (including phenoxy) is 3. The maximum absolute atomic E-state index is 8.90. The number of nitrogens with zero attached hydrogens (tertiary/aromatic N) is 1. The predicted molar refractivity (Wildman–Crippen MR) is 70.8 cm³/mol. The van der Waals surface area contributed by atoms with Crippen LogP contribution >= 0.6 is 0 Å². The van der Waals surface area contributed by atoms with Gasteiger partial charge in [0, 0.05) is 6.61 Å². The smallest absolute Gasteiger partial charge is 0.231 e. The van der Waals surface area contributed by atoms with Crippen molar-refractivity contribution in [3.8, 4) is 17.6 Å². The zero-order chi connectivity index (χ0) is 13.7. The van der Waals surface area contributed by atoms with E-state index in [9.17, 15) is 0 Å². The second-order valence-electron chi connectivity index (χ2n) is 5.34. The molecule has 0 fully saturated rings. The highest BCUT2D eigenvalue weighted by Gasteiger charge is 2.16. The Morgan fingerprint density at radius 2 is 2.11 bits per heavy atom. The molecule has 0 saturated heterocycles. The summed E-state index contributed by atoms with van der Waals surface area (Å²) in [5.74, 6) is 1.58. The van der Waals surface area contributed by atoms with Crippen molar-refractivity contribution in [3.05, 3.63) is 23.8 Å². The van der Waals surface area contributed by atoms with E-state index < -0.39 is 0 Å². The molecule has 4 heteroatoms. The van der Waals surface area contributed by atoms with Gasteiger partial charge in [0.2, 0.25) is 6.79 Å². The van der Waals surface area contributed by atoms with E-state index >= 15 is 0 Å². The molecular weight excluding hydrogens is 242 g/mol. The first-order valence-electron chi connectivity index (χ1n) is 6.48. The van der Waals surface area contributed by atoms with Crippen molar-refractivity contribution in [1.29, 1.82) is 5.26 Å². The van der Waals surface area contributed by atoms with Crippen LogP contribution in [0.4, 0.5) is 0 Å². The van der Waals surface area contributed by atoms with Gasteiger partial charge in [-0.25, -0.2) is 0 Å². The average Bonchev–Trinajstić information content (AvgIpc) is 2.85. The molecule has 4 nitrogen and oxygen atoms in total. The largest absolute Gasteiger partial charge is 0.454 e. The number of benzene rings is 1. The van der Waals surface area contributed by atoms with Gasteiger partial charge in [-0.3, -0.25) is 0 Å². The molecule has 2 rings (SSSR count). The molecule has 0 atom stereocenters. The molecule has 0 spiro atoms. The number of fused-ring (bicyclic) bond motifs is 1. The molecule has 0 unspecified atom stereocenters. The number of rotatable bonds is 6. The van der Waals surface area contributed by atoms with E-state index in [-0.39, 0.29) is 5.41 Å². The molecule has 1 aromatic rings. The molecule has 0 radical (unpaired) electrons. The van der Waals surface area contributed by atoms with Gasteiger partial charge < -0.3 is 14.2 Å². The van der Waals surface area contributed by atoms with Gasteiger partial charge in [-0.2, -0.15) is 5.26 Å². The first-order valence-corrected chi connectivity index (χ1v) is 6.48. The summed E-state index contributed by atoms with van der Waals surface area (Å²) >= 11 is 0. The lowest BCUT2D eigenvalue weighted by molar-refractivity contribution is 0.112. The van der Waals surface area contributed by atoms with Crippen molar-refractivity contribution in [2.24, 2.45) is 5.41 Å². The second kappa shape index (κ2) is 5.94. The molecule has 0 bridgehead atoms. The molecule has 1 aliphatic heterocycles. The number of nitriles is 1. The summed E-state index contributed by atoms with van der Waals surface area (Å²) in [7, 11) is 0. The molecule has 0 saturated carbocycles. The van der Waals surface area contributed by atoms with Gasteiger partial charge in [-0.1, -0.05) is 6.07 Å². The Bertz CT molecular complexity index is 477. The van der Waals surface area contributed by atoms with Crippen LogP contribution in [-0.2, 0) is 11.3 Å². The minimum Gasteiger partial charge on any atom is -0.454 e. The van der Waals surface area contributed by atoms with E-state index in [1.165, 1.54) is 0 Å². The van der Waals surface area contributed by atoms with Crippen LogP contribution in [0.1, 0.15) is 32.3 Å². The first kappa shape index (κ1) is 13.7. The lowest BCUT2D eigenvalue weighted by Gasteiger charge is -2.14. The Labute approximate surface area is 113 Å². The van der Waals surface area contributed by atoms with Crippen LogP contribution < -0.4 is 9.47 Å². The van der Waals surface area contributed by atoms with Gasteiger partial charge >= 0.3 is 0 Å². The fraction of sp³-hybridized carbons (Fsp3) is 0.533. The molecule has 0 aromatic heterocycles. The normalized spacial score (nSPS) is 13.3. The molecule has 19 heavy (non-hydrogen) atoms. The molecule has 102 valence electrons.